The fourth-order valence-electron chi connectivity index (χ4n) is 2.42. The zero-order chi connectivity index (χ0) is 12.7. The molecule has 0 spiro atoms. The standard InChI is InChI=1S/C13H11NO4.Na/c15-12(8-4-6-18-7-8)11-2-1-10-9(13(16)17)3-5-14(10)11;/h1-2,4,6-7,9H,3,5H2,(H,16,17);/q;+1/p-1. The van der Waals surface area contributed by atoms with Gasteiger partial charge in [0.05, 0.1) is 23.5 Å². The molecule has 0 bridgehead atoms. The Morgan fingerprint density at radius 3 is 2.74 bits per heavy atom. The fourth-order valence-corrected chi connectivity index (χ4v) is 2.42. The van der Waals surface area contributed by atoms with Crippen LogP contribution in [-0.4, -0.2) is 16.3 Å². The SMILES string of the molecule is O=C(c1ccoc1)c1ccc2n1CCC2C(=O)[O-].[Na+]. The second kappa shape index (κ2) is 5.36. The summed E-state index contributed by atoms with van der Waals surface area (Å²) in [4.78, 5) is 23.1. The molecule has 19 heavy (non-hydrogen) atoms. The second-order valence-electron chi connectivity index (χ2n) is 4.30. The van der Waals surface area contributed by atoms with Gasteiger partial charge in [-0.1, -0.05) is 0 Å². The molecule has 6 heteroatoms. The number of carboxylic acid groups (broad SMARTS) is 1. The predicted octanol–water partition coefficient (Wildman–Crippen LogP) is -2.45. The largest absolute Gasteiger partial charge is 1.00 e. The Balaban J connectivity index is 0.00000133. The molecule has 0 radical (unpaired) electrons. The first-order valence-electron chi connectivity index (χ1n) is 5.65. The van der Waals surface area contributed by atoms with Crippen molar-refractivity contribution in [2.75, 3.05) is 0 Å². The van der Waals surface area contributed by atoms with E-state index in [0.29, 0.717) is 29.9 Å². The van der Waals surface area contributed by atoms with Gasteiger partial charge in [0.2, 0.25) is 5.78 Å². The van der Waals surface area contributed by atoms with Gasteiger partial charge in [-0.15, -0.1) is 0 Å². The van der Waals surface area contributed by atoms with E-state index in [9.17, 15) is 14.7 Å². The van der Waals surface area contributed by atoms with Crippen LogP contribution in [0.4, 0.5) is 0 Å². The van der Waals surface area contributed by atoms with E-state index in [-0.39, 0.29) is 35.3 Å². The van der Waals surface area contributed by atoms with Gasteiger partial charge in [0, 0.05) is 18.2 Å². The molecule has 0 fully saturated rings. The van der Waals surface area contributed by atoms with E-state index in [1.807, 2.05) is 0 Å². The summed E-state index contributed by atoms with van der Waals surface area (Å²) in [5.74, 6) is -1.86. The van der Waals surface area contributed by atoms with Crippen molar-refractivity contribution in [1.29, 1.82) is 0 Å². The van der Waals surface area contributed by atoms with Crippen LogP contribution in [0, 0.1) is 0 Å². The van der Waals surface area contributed by atoms with E-state index >= 15 is 0 Å². The molecular weight excluding hydrogens is 257 g/mol. The number of ketones is 1. The van der Waals surface area contributed by atoms with Crippen LogP contribution in [0.25, 0.3) is 0 Å². The monoisotopic (exact) mass is 267 g/mol. The smallest absolute Gasteiger partial charge is 0.549 e. The quantitative estimate of drug-likeness (QED) is 0.457. The first kappa shape index (κ1) is 14.1. The third-order valence-electron chi connectivity index (χ3n) is 3.31. The van der Waals surface area contributed by atoms with Crippen molar-refractivity contribution in [2.24, 2.45) is 0 Å². The molecule has 0 N–H and O–H groups in total. The van der Waals surface area contributed by atoms with Crippen molar-refractivity contribution in [1.82, 2.24) is 4.57 Å². The maximum absolute atomic E-state index is 12.2. The zero-order valence-electron chi connectivity index (χ0n) is 10.5. The van der Waals surface area contributed by atoms with Gasteiger partial charge in [-0.2, -0.15) is 0 Å². The number of hydrogen-bond acceptors (Lipinski definition) is 4. The molecule has 0 aromatic carbocycles. The van der Waals surface area contributed by atoms with E-state index < -0.39 is 11.9 Å². The molecule has 92 valence electrons. The number of carbonyl (C=O) groups excluding carboxylic acids is 2. The van der Waals surface area contributed by atoms with Crippen molar-refractivity contribution in [2.45, 2.75) is 18.9 Å². The molecule has 2 aromatic rings. The number of nitrogens with zero attached hydrogens (tertiary/aromatic N) is 1. The Hall–Kier alpha value is -1.30. The summed E-state index contributed by atoms with van der Waals surface area (Å²) in [6.07, 6.45) is 3.29. The van der Waals surface area contributed by atoms with Gasteiger partial charge in [0.25, 0.3) is 0 Å². The Kier molecular flexibility index (Phi) is 3.99. The first-order valence-corrected chi connectivity index (χ1v) is 5.65. The molecule has 0 amide bonds. The van der Waals surface area contributed by atoms with Gasteiger partial charge in [-0.3, -0.25) is 4.79 Å². The Labute approximate surface area is 131 Å². The molecule has 0 saturated heterocycles. The molecule has 3 heterocycles. The molecule has 2 aromatic heterocycles. The maximum atomic E-state index is 12.2. The minimum Gasteiger partial charge on any atom is -0.549 e. The predicted molar refractivity (Wildman–Crippen MR) is 58.9 cm³/mol. The third-order valence-corrected chi connectivity index (χ3v) is 3.31. The minimum atomic E-state index is -1.09. The number of fused-ring (bicyclic) bond motifs is 1. The van der Waals surface area contributed by atoms with Crippen molar-refractivity contribution in [3.05, 3.63) is 47.7 Å². The van der Waals surface area contributed by atoms with Gasteiger partial charge in [-0.05, 0) is 24.6 Å². The molecule has 1 unspecified atom stereocenters. The van der Waals surface area contributed by atoms with E-state index in [1.54, 1.807) is 22.8 Å². The van der Waals surface area contributed by atoms with Crippen LogP contribution >= 0.6 is 0 Å². The molecule has 1 atom stereocenters. The van der Waals surface area contributed by atoms with E-state index in [4.69, 9.17) is 4.42 Å². The number of aromatic nitrogens is 1. The number of carbonyl (C=O) groups is 2. The van der Waals surface area contributed by atoms with Crippen LogP contribution in [0.15, 0.2) is 35.1 Å². The normalized spacial score (nSPS) is 16.7. The van der Waals surface area contributed by atoms with Crippen molar-refractivity contribution in [3.63, 3.8) is 0 Å². The number of carboxylic acids is 1. The van der Waals surface area contributed by atoms with Gasteiger partial charge >= 0.3 is 29.6 Å². The van der Waals surface area contributed by atoms with Crippen LogP contribution in [0.1, 0.15) is 34.1 Å². The number of rotatable bonds is 3. The van der Waals surface area contributed by atoms with Gasteiger partial charge in [-0.25, -0.2) is 0 Å². The number of aliphatic carboxylic acids is 1. The van der Waals surface area contributed by atoms with Gasteiger partial charge < -0.3 is 18.9 Å². The van der Waals surface area contributed by atoms with E-state index in [1.165, 1.54) is 12.5 Å². The van der Waals surface area contributed by atoms with E-state index in [0.717, 1.165) is 0 Å². The summed E-state index contributed by atoms with van der Waals surface area (Å²) < 4.78 is 6.62. The van der Waals surface area contributed by atoms with Crippen molar-refractivity contribution >= 4 is 11.8 Å². The molecular formula is C13H10NNaO4. The molecule has 0 saturated carbocycles. The van der Waals surface area contributed by atoms with Crippen LogP contribution in [0.2, 0.25) is 0 Å². The molecule has 0 aliphatic carbocycles. The topological polar surface area (TPSA) is 75.3 Å². The van der Waals surface area contributed by atoms with E-state index in [2.05, 4.69) is 0 Å². The van der Waals surface area contributed by atoms with Gasteiger partial charge in [0.1, 0.15) is 6.26 Å². The summed E-state index contributed by atoms with van der Waals surface area (Å²) >= 11 is 0. The van der Waals surface area contributed by atoms with Crippen LogP contribution < -0.4 is 34.7 Å². The number of furan rings is 1. The molecule has 5 nitrogen and oxygen atoms in total. The van der Waals surface area contributed by atoms with Crippen molar-refractivity contribution < 1.29 is 48.7 Å². The summed E-state index contributed by atoms with van der Waals surface area (Å²) in [5, 5.41) is 10.9. The zero-order valence-corrected chi connectivity index (χ0v) is 12.5. The first-order chi connectivity index (χ1) is 8.68. The van der Waals surface area contributed by atoms with Crippen LogP contribution in [0.3, 0.4) is 0 Å². The fraction of sp³-hybridized carbons (Fsp3) is 0.231. The molecule has 1 aliphatic heterocycles. The summed E-state index contributed by atoms with van der Waals surface area (Å²) in [6, 6.07) is 4.92. The Morgan fingerprint density at radius 2 is 2.11 bits per heavy atom. The summed E-state index contributed by atoms with van der Waals surface area (Å²) in [7, 11) is 0. The average Bonchev–Trinajstić information content (AvgIpc) is 3.04. The summed E-state index contributed by atoms with van der Waals surface area (Å²) in [5.41, 5.74) is 1.60. The Morgan fingerprint density at radius 1 is 1.32 bits per heavy atom. The van der Waals surface area contributed by atoms with Gasteiger partial charge in [0.15, 0.2) is 0 Å². The average molecular weight is 267 g/mol. The van der Waals surface area contributed by atoms with Crippen molar-refractivity contribution in [3.8, 4) is 0 Å². The third kappa shape index (κ3) is 2.29. The number of hydrogen-bond donors (Lipinski definition) is 0. The Bertz CT molecular complexity index is 615. The molecule has 3 rings (SSSR count). The molecule has 1 aliphatic rings. The van der Waals surface area contributed by atoms with Crippen LogP contribution in [0.5, 0.6) is 0 Å². The van der Waals surface area contributed by atoms with Crippen LogP contribution in [-0.2, 0) is 11.3 Å². The maximum Gasteiger partial charge on any atom is 1.00 e. The minimum absolute atomic E-state index is 0. The second-order valence-corrected chi connectivity index (χ2v) is 4.30. The summed E-state index contributed by atoms with van der Waals surface area (Å²) in [6.45, 7) is 0.528.